The van der Waals surface area contributed by atoms with Gasteiger partial charge in [0.1, 0.15) is 11.6 Å². The maximum absolute atomic E-state index is 12.2. The zero-order chi connectivity index (χ0) is 13.2. The lowest BCUT2D eigenvalue weighted by atomic mass is 10.1. The number of hydrogen-bond acceptors (Lipinski definition) is 3. The van der Waals surface area contributed by atoms with Crippen LogP contribution in [0.4, 0.5) is 8.78 Å². The number of fused-ring (bicyclic) bond motifs is 1. The van der Waals surface area contributed by atoms with Gasteiger partial charge < -0.3 is 9.30 Å². The smallest absolute Gasteiger partial charge is 0.387 e. The highest BCUT2D eigenvalue weighted by atomic mass is 19.3. The zero-order valence-corrected chi connectivity index (χ0v) is 10.2. The molecule has 2 heterocycles. The number of benzene rings is 1. The van der Waals surface area contributed by atoms with E-state index in [0.29, 0.717) is 0 Å². The Hall–Kier alpha value is -1.98. The van der Waals surface area contributed by atoms with Crippen LogP contribution in [0.25, 0.3) is 11.4 Å². The number of ether oxygens (including phenoxy) is 1. The minimum Gasteiger partial charge on any atom is -0.435 e. The maximum atomic E-state index is 12.2. The molecule has 0 aliphatic carbocycles. The Bertz CT molecular complexity index is 583. The molecular weight excluding hydrogens is 252 g/mol. The summed E-state index contributed by atoms with van der Waals surface area (Å²) < 4.78 is 30.9. The number of aromatic nitrogens is 3. The highest BCUT2D eigenvalue weighted by Crippen LogP contribution is 2.26. The predicted molar refractivity (Wildman–Crippen MR) is 65.0 cm³/mol. The molecule has 0 atom stereocenters. The predicted octanol–water partition coefficient (Wildman–Crippen LogP) is 2.88. The third-order valence-corrected chi connectivity index (χ3v) is 3.18. The van der Waals surface area contributed by atoms with Gasteiger partial charge in [0.25, 0.3) is 0 Å². The largest absolute Gasteiger partial charge is 0.435 e. The van der Waals surface area contributed by atoms with E-state index in [1.807, 2.05) is 10.6 Å². The molecule has 0 saturated carbocycles. The lowest BCUT2D eigenvalue weighted by Gasteiger charge is -2.15. The lowest BCUT2D eigenvalue weighted by Crippen LogP contribution is -2.11. The fourth-order valence-corrected chi connectivity index (χ4v) is 2.33. The Labute approximate surface area is 109 Å². The van der Waals surface area contributed by atoms with Crippen LogP contribution < -0.4 is 4.74 Å². The highest BCUT2D eigenvalue weighted by molar-refractivity contribution is 5.58. The second kappa shape index (κ2) is 4.95. The van der Waals surface area contributed by atoms with Gasteiger partial charge in [0.15, 0.2) is 5.82 Å². The number of aryl methyl sites for hydroxylation is 1. The fraction of sp³-hybridized carbons (Fsp3) is 0.385. The Morgan fingerprint density at radius 3 is 2.95 bits per heavy atom. The maximum Gasteiger partial charge on any atom is 0.387 e. The molecule has 2 aromatic rings. The lowest BCUT2D eigenvalue weighted by molar-refractivity contribution is -0.0498. The third kappa shape index (κ3) is 2.43. The first kappa shape index (κ1) is 12.1. The second-order valence-electron chi connectivity index (χ2n) is 4.45. The van der Waals surface area contributed by atoms with E-state index in [0.717, 1.165) is 43.0 Å². The summed E-state index contributed by atoms with van der Waals surface area (Å²) in [6.07, 6.45) is 3.12. The molecule has 0 amide bonds. The molecular formula is C13H13F2N3O. The quantitative estimate of drug-likeness (QED) is 0.856. The Kier molecular flexibility index (Phi) is 3.15. The minimum atomic E-state index is -2.82. The highest BCUT2D eigenvalue weighted by Gasteiger charge is 2.17. The Morgan fingerprint density at radius 1 is 1.21 bits per heavy atom. The average Bonchev–Trinajstić information content (AvgIpc) is 2.82. The van der Waals surface area contributed by atoms with Crippen LogP contribution in [-0.4, -0.2) is 21.4 Å². The van der Waals surface area contributed by atoms with Crippen molar-refractivity contribution in [2.75, 3.05) is 0 Å². The zero-order valence-electron chi connectivity index (χ0n) is 10.2. The van der Waals surface area contributed by atoms with E-state index in [-0.39, 0.29) is 5.75 Å². The van der Waals surface area contributed by atoms with Crippen molar-refractivity contribution in [3.63, 3.8) is 0 Å². The normalized spacial score (nSPS) is 14.5. The number of hydrogen-bond donors (Lipinski definition) is 0. The molecule has 6 heteroatoms. The van der Waals surface area contributed by atoms with Gasteiger partial charge in [0.05, 0.1) is 0 Å². The molecule has 0 N–H and O–H groups in total. The van der Waals surface area contributed by atoms with Crippen LogP contribution in [0.2, 0.25) is 0 Å². The van der Waals surface area contributed by atoms with Gasteiger partial charge in [0.2, 0.25) is 0 Å². The molecule has 0 saturated heterocycles. The van der Waals surface area contributed by atoms with E-state index in [4.69, 9.17) is 0 Å². The van der Waals surface area contributed by atoms with Crippen molar-refractivity contribution in [1.82, 2.24) is 14.8 Å². The molecule has 0 unspecified atom stereocenters. The second-order valence-corrected chi connectivity index (χ2v) is 4.45. The van der Waals surface area contributed by atoms with Gasteiger partial charge in [-0.1, -0.05) is 12.1 Å². The van der Waals surface area contributed by atoms with E-state index >= 15 is 0 Å². The first-order chi connectivity index (χ1) is 9.24. The van der Waals surface area contributed by atoms with Crippen LogP contribution in [0.1, 0.15) is 18.7 Å². The third-order valence-electron chi connectivity index (χ3n) is 3.18. The summed E-state index contributed by atoms with van der Waals surface area (Å²) in [4.78, 5) is 0. The molecule has 1 aromatic heterocycles. The van der Waals surface area contributed by atoms with Crippen molar-refractivity contribution in [2.45, 2.75) is 32.4 Å². The van der Waals surface area contributed by atoms with Gasteiger partial charge in [-0.15, -0.1) is 10.2 Å². The Balaban J connectivity index is 1.95. The molecule has 3 rings (SSSR count). The average molecular weight is 265 g/mol. The first-order valence-electron chi connectivity index (χ1n) is 6.21. The van der Waals surface area contributed by atoms with Gasteiger partial charge in [-0.2, -0.15) is 8.78 Å². The summed E-state index contributed by atoms with van der Waals surface area (Å²) >= 11 is 0. The van der Waals surface area contributed by atoms with Crippen LogP contribution in [0.15, 0.2) is 24.3 Å². The molecule has 0 radical (unpaired) electrons. The SMILES string of the molecule is FC(F)Oc1cccc(-c2nnc3n2CCCC3)c1. The van der Waals surface area contributed by atoms with Gasteiger partial charge in [-0.25, -0.2) is 0 Å². The number of halogens is 2. The molecule has 4 nitrogen and oxygen atoms in total. The van der Waals surface area contributed by atoms with Crippen molar-refractivity contribution in [1.29, 1.82) is 0 Å². The summed E-state index contributed by atoms with van der Waals surface area (Å²) in [7, 11) is 0. The van der Waals surface area contributed by atoms with Gasteiger partial charge >= 0.3 is 6.61 Å². The van der Waals surface area contributed by atoms with Crippen LogP contribution >= 0.6 is 0 Å². The summed E-state index contributed by atoms with van der Waals surface area (Å²) in [6.45, 7) is -1.94. The van der Waals surface area contributed by atoms with Crippen molar-refractivity contribution < 1.29 is 13.5 Å². The van der Waals surface area contributed by atoms with Crippen LogP contribution in [0, 0.1) is 0 Å². The summed E-state index contributed by atoms with van der Waals surface area (Å²) in [5.74, 6) is 1.82. The number of nitrogens with zero attached hydrogens (tertiary/aromatic N) is 3. The van der Waals surface area contributed by atoms with E-state index in [2.05, 4.69) is 14.9 Å². The van der Waals surface area contributed by atoms with Crippen LogP contribution in [0.3, 0.4) is 0 Å². The summed E-state index contributed by atoms with van der Waals surface area (Å²) in [5.41, 5.74) is 0.749. The first-order valence-corrected chi connectivity index (χ1v) is 6.21. The standard InChI is InChI=1S/C13H13F2N3O/c14-13(15)19-10-5-3-4-9(8-10)12-17-16-11-6-1-2-7-18(11)12/h3-5,8,13H,1-2,6-7H2. The summed E-state index contributed by atoms with van der Waals surface area (Å²) in [5, 5.41) is 8.31. The van der Waals surface area contributed by atoms with Crippen molar-refractivity contribution >= 4 is 0 Å². The van der Waals surface area contributed by atoms with Gasteiger partial charge in [-0.3, -0.25) is 0 Å². The van der Waals surface area contributed by atoms with Crippen molar-refractivity contribution in [3.8, 4) is 17.1 Å². The van der Waals surface area contributed by atoms with E-state index in [1.54, 1.807) is 12.1 Å². The molecule has 0 fully saturated rings. The van der Waals surface area contributed by atoms with E-state index < -0.39 is 6.61 Å². The molecule has 0 bridgehead atoms. The molecule has 1 aliphatic heterocycles. The van der Waals surface area contributed by atoms with Crippen LogP contribution in [-0.2, 0) is 13.0 Å². The fourth-order valence-electron chi connectivity index (χ4n) is 2.33. The molecule has 1 aromatic carbocycles. The summed E-state index contributed by atoms with van der Waals surface area (Å²) in [6, 6.07) is 6.57. The van der Waals surface area contributed by atoms with Gasteiger partial charge in [-0.05, 0) is 25.0 Å². The van der Waals surface area contributed by atoms with Crippen molar-refractivity contribution in [3.05, 3.63) is 30.1 Å². The van der Waals surface area contributed by atoms with E-state index in [1.165, 1.54) is 6.07 Å². The van der Waals surface area contributed by atoms with Gasteiger partial charge in [0, 0.05) is 18.5 Å². The molecule has 100 valence electrons. The number of rotatable bonds is 3. The molecule has 19 heavy (non-hydrogen) atoms. The van der Waals surface area contributed by atoms with Crippen molar-refractivity contribution in [2.24, 2.45) is 0 Å². The topological polar surface area (TPSA) is 39.9 Å². The van der Waals surface area contributed by atoms with Crippen LogP contribution in [0.5, 0.6) is 5.75 Å². The monoisotopic (exact) mass is 265 g/mol. The Morgan fingerprint density at radius 2 is 2.11 bits per heavy atom. The minimum absolute atomic E-state index is 0.139. The van der Waals surface area contributed by atoms with E-state index in [9.17, 15) is 8.78 Å². The molecule has 1 aliphatic rings. The molecule has 0 spiro atoms. The number of alkyl halides is 2.